The van der Waals surface area contributed by atoms with Crippen LogP contribution < -0.4 is 10.2 Å². The van der Waals surface area contributed by atoms with Gasteiger partial charge in [-0.3, -0.25) is 4.79 Å². The van der Waals surface area contributed by atoms with Crippen LogP contribution in [-0.2, 0) is 11.3 Å². The van der Waals surface area contributed by atoms with Gasteiger partial charge in [0, 0.05) is 31.7 Å². The first-order chi connectivity index (χ1) is 12.0. The number of nitrogens with one attached hydrogen (secondary N) is 1. The molecular formula is C19H21F2N3O. The number of carbonyl (C=O) groups excluding carboxylic acids is 1. The average Bonchev–Trinajstić information content (AvgIpc) is 2.63. The summed E-state index contributed by atoms with van der Waals surface area (Å²) in [6.07, 6.45) is 2.85. The number of hydrogen-bond acceptors (Lipinski definition) is 3. The molecule has 0 saturated carbocycles. The molecule has 1 saturated heterocycles. The molecule has 0 spiro atoms. The number of halogens is 2. The third-order valence-electron chi connectivity index (χ3n) is 4.61. The van der Waals surface area contributed by atoms with Crippen molar-refractivity contribution in [3.8, 4) is 0 Å². The van der Waals surface area contributed by atoms with Crippen LogP contribution in [0.4, 0.5) is 14.6 Å². The molecule has 6 heteroatoms. The molecule has 0 aliphatic carbocycles. The van der Waals surface area contributed by atoms with Gasteiger partial charge < -0.3 is 10.2 Å². The van der Waals surface area contributed by atoms with Crippen molar-refractivity contribution in [3.63, 3.8) is 0 Å². The van der Waals surface area contributed by atoms with Gasteiger partial charge in [0.25, 0.3) is 0 Å². The summed E-state index contributed by atoms with van der Waals surface area (Å²) < 4.78 is 27.3. The van der Waals surface area contributed by atoms with E-state index in [1.54, 1.807) is 25.3 Å². The van der Waals surface area contributed by atoms with Gasteiger partial charge >= 0.3 is 0 Å². The number of rotatable bonds is 4. The second-order valence-electron chi connectivity index (χ2n) is 6.37. The number of nitrogens with zero attached hydrogens (tertiary/aromatic N) is 2. The van der Waals surface area contributed by atoms with Gasteiger partial charge in [-0.05, 0) is 49.1 Å². The van der Waals surface area contributed by atoms with E-state index in [4.69, 9.17) is 0 Å². The van der Waals surface area contributed by atoms with Crippen molar-refractivity contribution in [3.05, 3.63) is 59.3 Å². The Morgan fingerprint density at radius 1 is 1.24 bits per heavy atom. The third kappa shape index (κ3) is 4.13. The van der Waals surface area contributed by atoms with Crippen LogP contribution in [0.1, 0.15) is 24.0 Å². The zero-order chi connectivity index (χ0) is 17.8. The minimum atomic E-state index is -0.341. The summed E-state index contributed by atoms with van der Waals surface area (Å²) in [5.74, 6) is -0.416. The van der Waals surface area contributed by atoms with Gasteiger partial charge in [-0.2, -0.15) is 0 Å². The third-order valence-corrected chi connectivity index (χ3v) is 4.61. The lowest BCUT2D eigenvalue weighted by molar-refractivity contribution is -0.125. The Kier molecular flexibility index (Phi) is 5.26. The topological polar surface area (TPSA) is 45.2 Å². The standard InChI is InChI=1S/C19H21F2N3O/c1-13-4-5-14(11-17(13)21)12-23-19(25)15-6-9-24(10-7-15)18-16(20)3-2-8-22-18/h2-5,8,11,15H,6-7,9-10,12H2,1H3,(H,23,25). The average molecular weight is 345 g/mol. The van der Waals surface area contributed by atoms with E-state index in [0.717, 1.165) is 5.56 Å². The van der Waals surface area contributed by atoms with Gasteiger partial charge in [-0.25, -0.2) is 13.8 Å². The highest BCUT2D eigenvalue weighted by Crippen LogP contribution is 2.23. The molecule has 1 aliphatic heterocycles. The van der Waals surface area contributed by atoms with Crippen molar-refractivity contribution in [1.29, 1.82) is 0 Å². The maximum Gasteiger partial charge on any atom is 0.223 e. The number of pyridine rings is 1. The SMILES string of the molecule is Cc1ccc(CNC(=O)C2CCN(c3ncccc3F)CC2)cc1F. The van der Waals surface area contributed by atoms with E-state index in [9.17, 15) is 13.6 Å². The second kappa shape index (κ2) is 7.59. The molecule has 1 N–H and O–H groups in total. The van der Waals surface area contributed by atoms with Crippen molar-refractivity contribution >= 4 is 11.7 Å². The molecule has 1 fully saturated rings. The van der Waals surface area contributed by atoms with Crippen LogP contribution in [0, 0.1) is 24.5 Å². The van der Waals surface area contributed by atoms with E-state index < -0.39 is 0 Å². The number of aromatic nitrogens is 1. The molecule has 2 heterocycles. The molecule has 0 atom stereocenters. The first kappa shape index (κ1) is 17.3. The van der Waals surface area contributed by atoms with Crippen LogP contribution in [-0.4, -0.2) is 24.0 Å². The largest absolute Gasteiger partial charge is 0.354 e. The van der Waals surface area contributed by atoms with Crippen LogP contribution in [0.25, 0.3) is 0 Å². The van der Waals surface area contributed by atoms with E-state index in [0.29, 0.717) is 43.9 Å². The van der Waals surface area contributed by atoms with Crippen LogP contribution >= 0.6 is 0 Å². The Hall–Kier alpha value is -2.50. The summed E-state index contributed by atoms with van der Waals surface area (Å²) in [5, 5.41) is 2.87. The molecule has 0 radical (unpaired) electrons. The molecular weight excluding hydrogens is 324 g/mol. The zero-order valence-corrected chi connectivity index (χ0v) is 14.1. The number of amides is 1. The van der Waals surface area contributed by atoms with Crippen LogP contribution in [0.15, 0.2) is 36.5 Å². The second-order valence-corrected chi connectivity index (χ2v) is 6.37. The lowest BCUT2D eigenvalue weighted by Crippen LogP contribution is -2.41. The van der Waals surface area contributed by atoms with Gasteiger partial charge in [-0.1, -0.05) is 12.1 Å². The van der Waals surface area contributed by atoms with E-state index in [1.165, 1.54) is 12.1 Å². The maximum absolute atomic E-state index is 13.8. The van der Waals surface area contributed by atoms with Crippen LogP contribution in [0.2, 0.25) is 0 Å². The minimum absolute atomic E-state index is 0.0397. The van der Waals surface area contributed by atoms with Crippen molar-refractivity contribution < 1.29 is 13.6 Å². The van der Waals surface area contributed by atoms with Crippen molar-refractivity contribution in [2.24, 2.45) is 5.92 Å². The Labute approximate surface area is 145 Å². The monoisotopic (exact) mass is 345 g/mol. The highest BCUT2D eigenvalue weighted by molar-refractivity contribution is 5.79. The molecule has 1 amide bonds. The lowest BCUT2D eigenvalue weighted by Gasteiger charge is -2.32. The van der Waals surface area contributed by atoms with Gasteiger partial charge in [-0.15, -0.1) is 0 Å². The fourth-order valence-corrected chi connectivity index (χ4v) is 3.04. The summed E-state index contributed by atoms with van der Waals surface area (Å²) in [6, 6.07) is 7.92. The van der Waals surface area contributed by atoms with E-state index in [2.05, 4.69) is 10.3 Å². The molecule has 132 valence electrons. The number of anilines is 1. The summed E-state index contributed by atoms with van der Waals surface area (Å²) in [6.45, 7) is 3.19. The molecule has 1 aromatic carbocycles. The lowest BCUT2D eigenvalue weighted by atomic mass is 9.95. The van der Waals surface area contributed by atoms with Crippen LogP contribution in [0.5, 0.6) is 0 Å². The summed E-state index contributed by atoms with van der Waals surface area (Å²) in [5.41, 5.74) is 1.33. The Morgan fingerprint density at radius 2 is 2.00 bits per heavy atom. The smallest absolute Gasteiger partial charge is 0.223 e. The fourth-order valence-electron chi connectivity index (χ4n) is 3.04. The quantitative estimate of drug-likeness (QED) is 0.926. The maximum atomic E-state index is 13.8. The highest BCUT2D eigenvalue weighted by Gasteiger charge is 2.26. The van der Waals surface area contributed by atoms with Crippen molar-refractivity contribution in [2.45, 2.75) is 26.3 Å². The number of hydrogen-bond donors (Lipinski definition) is 1. The number of piperidine rings is 1. The number of carbonyl (C=O) groups is 1. The van der Waals surface area contributed by atoms with E-state index in [-0.39, 0.29) is 23.5 Å². The Balaban J connectivity index is 1.51. The molecule has 3 rings (SSSR count). The molecule has 25 heavy (non-hydrogen) atoms. The fraction of sp³-hybridized carbons (Fsp3) is 0.368. The van der Waals surface area contributed by atoms with Crippen molar-refractivity contribution in [1.82, 2.24) is 10.3 Å². The number of benzene rings is 1. The highest BCUT2D eigenvalue weighted by atomic mass is 19.1. The molecule has 0 unspecified atom stereocenters. The molecule has 2 aromatic rings. The molecule has 0 bridgehead atoms. The van der Waals surface area contributed by atoms with Gasteiger partial charge in [0.15, 0.2) is 11.6 Å². The number of aryl methyl sites for hydroxylation is 1. The Morgan fingerprint density at radius 3 is 2.68 bits per heavy atom. The van der Waals surface area contributed by atoms with Gasteiger partial charge in [0.1, 0.15) is 5.82 Å². The van der Waals surface area contributed by atoms with E-state index >= 15 is 0 Å². The predicted molar refractivity (Wildman–Crippen MR) is 92.1 cm³/mol. The van der Waals surface area contributed by atoms with Crippen molar-refractivity contribution in [2.75, 3.05) is 18.0 Å². The van der Waals surface area contributed by atoms with Crippen LogP contribution in [0.3, 0.4) is 0 Å². The minimum Gasteiger partial charge on any atom is -0.354 e. The van der Waals surface area contributed by atoms with Gasteiger partial charge in [0.05, 0.1) is 0 Å². The summed E-state index contributed by atoms with van der Waals surface area (Å²) in [7, 11) is 0. The molecule has 4 nitrogen and oxygen atoms in total. The normalized spacial score (nSPS) is 15.2. The predicted octanol–water partition coefficient (Wildman–Crippen LogP) is 3.20. The summed E-state index contributed by atoms with van der Waals surface area (Å²) in [4.78, 5) is 18.3. The van der Waals surface area contributed by atoms with Gasteiger partial charge in [0.2, 0.25) is 5.91 Å². The molecule has 1 aromatic heterocycles. The first-order valence-electron chi connectivity index (χ1n) is 8.43. The zero-order valence-electron chi connectivity index (χ0n) is 14.1. The first-order valence-corrected chi connectivity index (χ1v) is 8.43. The summed E-state index contributed by atoms with van der Waals surface area (Å²) >= 11 is 0. The Bertz CT molecular complexity index is 758. The molecule has 1 aliphatic rings. The van der Waals surface area contributed by atoms with E-state index in [1.807, 2.05) is 11.0 Å².